The number of anilines is 1. The van der Waals surface area contributed by atoms with Crippen LogP contribution in [0.15, 0.2) is 0 Å². The first kappa shape index (κ1) is 18.9. The van der Waals surface area contributed by atoms with Gasteiger partial charge in [-0.3, -0.25) is 14.4 Å². The van der Waals surface area contributed by atoms with Gasteiger partial charge >= 0.3 is 5.97 Å². The standard InChI is InChI=1S/C19H26N2O4S/c1-11(10-16(23)24)9-15(22)21-19-17(13-7-4-8-14(13)26-19)18(25)20-12-5-2-3-6-12/h11-12H,2-10H2,1H3,(H,20,25)(H,21,22)(H,23,24)/t11-/m1/s1. The highest BCUT2D eigenvalue weighted by molar-refractivity contribution is 7.17. The smallest absolute Gasteiger partial charge is 0.303 e. The van der Waals surface area contributed by atoms with Crippen molar-refractivity contribution >= 4 is 34.1 Å². The Balaban J connectivity index is 1.71. The molecule has 0 saturated heterocycles. The van der Waals surface area contributed by atoms with E-state index in [9.17, 15) is 14.4 Å². The monoisotopic (exact) mass is 378 g/mol. The van der Waals surface area contributed by atoms with Crippen LogP contribution in [0.5, 0.6) is 0 Å². The maximum Gasteiger partial charge on any atom is 0.303 e. The molecule has 0 radical (unpaired) electrons. The van der Waals surface area contributed by atoms with Crippen molar-refractivity contribution in [3.05, 3.63) is 16.0 Å². The molecule has 1 heterocycles. The number of hydrogen-bond acceptors (Lipinski definition) is 4. The van der Waals surface area contributed by atoms with Crippen LogP contribution in [0, 0.1) is 5.92 Å². The van der Waals surface area contributed by atoms with Crippen LogP contribution < -0.4 is 10.6 Å². The molecule has 1 aromatic rings. The molecule has 3 rings (SSSR count). The fraction of sp³-hybridized carbons (Fsp3) is 0.632. The number of carboxylic acids is 1. The molecule has 2 aliphatic carbocycles. The van der Waals surface area contributed by atoms with Crippen LogP contribution in [-0.2, 0) is 22.4 Å². The van der Waals surface area contributed by atoms with Crippen molar-refractivity contribution < 1.29 is 19.5 Å². The van der Waals surface area contributed by atoms with Crippen LogP contribution in [0.2, 0.25) is 0 Å². The Morgan fingerprint density at radius 1 is 1.15 bits per heavy atom. The summed E-state index contributed by atoms with van der Waals surface area (Å²) in [6.07, 6.45) is 7.32. The van der Waals surface area contributed by atoms with E-state index in [-0.39, 0.29) is 36.6 Å². The summed E-state index contributed by atoms with van der Waals surface area (Å²) >= 11 is 1.50. The van der Waals surface area contributed by atoms with E-state index in [2.05, 4.69) is 10.6 Å². The predicted molar refractivity (Wildman–Crippen MR) is 101 cm³/mol. The van der Waals surface area contributed by atoms with E-state index >= 15 is 0 Å². The normalized spacial score (nSPS) is 17.7. The second-order valence-electron chi connectivity index (χ2n) is 7.47. The molecule has 0 aromatic carbocycles. The fourth-order valence-electron chi connectivity index (χ4n) is 3.92. The molecule has 1 atom stereocenters. The highest BCUT2D eigenvalue weighted by atomic mass is 32.1. The topological polar surface area (TPSA) is 95.5 Å². The molecule has 26 heavy (non-hydrogen) atoms. The summed E-state index contributed by atoms with van der Waals surface area (Å²) in [6, 6.07) is 0.235. The fourth-order valence-corrected chi connectivity index (χ4v) is 5.23. The largest absolute Gasteiger partial charge is 0.481 e. The van der Waals surface area contributed by atoms with E-state index in [1.807, 2.05) is 0 Å². The number of carbonyl (C=O) groups excluding carboxylic acids is 2. The van der Waals surface area contributed by atoms with Gasteiger partial charge in [0.2, 0.25) is 5.91 Å². The first-order valence-corrected chi connectivity index (χ1v) is 10.2. The third kappa shape index (κ3) is 4.44. The summed E-state index contributed by atoms with van der Waals surface area (Å²) in [4.78, 5) is 37.1. The van der Waals surface area contributed by atoms with Gasteiger partial charge in [-0.05, 0) is 43.6 Å². The molecule has 0 bridgehead atoms. The molecule has 0 unspecified atom stereocenters. The summed E-state index contributed by atoms with van der Waals surface area (Å²) in [7, 11) is 0. The van der Waals surface area contributed by atoms with Gasteiger partial charge in [-0.25, -0.2) is 0 Å². The minimum absolute atomic E-state index is 0.0383. The van der Waals surface area contributed by atoms with Crippen LogP contribution in [0.4, 0.5) is 5.00 Å². The minimum Gasteiger partial charge on any atom is -0.481 e. The van der Waals surface area contributed by atoms with Gasteiger partial charge < -0.3 is 15.7 Å². The lowest BCUT2D eigenvalue weighted by atomic mass is 10.0. The Kier molecular flexibility index (Phi) is 5.96. The van der Waals surface area contributed by atoms with Crippen LogP contribution in [-0.4, -0.2) is 28.9 Å². The summed E-state index contributed by atoms with van der Waals surface area (Å²) in [5.74, 6) is -1.45. The van der Waals surface area contributed by atoms with E-state index < -0.39 is 5.97 Å². The third-order valence-electron chi connectivity index (χ3n) is 5.15. The summed E-state index contributed by atoms with van der Waals surface area (Å²) in [5.41, 5.74) is 1.72. The van der Waals surface area contributed by atoms with Crippen LogP contribution in [0.1, 0.15) is 72.7 Å². The van der Waals surface area contributed by atoms with Gasteiger partial charge in [0, 0.05) is 23.8 Å². The molecule has 2 aliphatic rings. The number of nitrogens with one attached hydrogen (secondary N) is 2. The summed E-state index contributed by atoms with van der Waals surface area (Å²) < 4.78 is 0. The quantitative estimate of drug-likeness (QED) is 0.678. The van der Waals surface area contributed by atoms with Crippen molar-refractivity contribution in [3.63, 3.8) is 0 Å². The number of rotatable bonds is 7. The predicted octanol–water partition coefficient (Wildman–Crippen LogP) is 3.35. The van der Waals surface area contributed by atoms with Crippen LogP contribution in [0.3, 0.4) is 0 Å². The number of aliphatic carboxylic acids is 1. The lowest BCUT2D eigenvalue weighted by Crippen LogP contribution is -2.33. The van der Waals surface area contributed by atoms with Gasteiger partial charge in [0.25, 0.3) is 5.91 Å². The first-order chi connectivity index (χ1) is 12.4. The highest BCUT2D eigenvalue weighted by Crippen LogP contribution is 2.39. The number of carboxylic acid groups (broad SMARTS) is 1. The molecule has 1 fully saturated rings. The lowest BCUT2D eigenvalue weighted by Gasteiger charge is -2.14. The molecule has 1 aromatic heterocycles. The maximum absolute atomic E-state index is 12.9. The minimum atomic E-state index is -0.906. The van der Waals surface area contributed by atoms with Gasteiger partial charge in [0.05, 0.1) is 5.56 Å². The van der Waals surface area contributed by atoms with Crippen molar-refractivity contribution in [1.82, 2.24) is 5.32 Å². The van der Waals surface area contributed by atoms with E-state index in [4.69, 9.17) is 5.11 Å². The molecular weight excluding hydrogens is 352 g/mol. The number of carbonyl (C=O) groups is 3. The van der Waals surface area contributed by atoms with Crippen molar-refractivity contribution in [2.45, 2.75) is 70.8 Å². The summed E-state index contributed by atoms with van der Waals surface area (Å²) in [6.45, 7) is 1.75. The second-order valence-corrected chi connectivity index (χ2v) is 8.58. The van der Waals surface area contributed by atoms with Crippen molar-refractivity contribution in [1.29, 1.82) is 0 Å². The SMILES string of the molecule is C[C@@H](CC(=O)O)CC(=O)Nc1sc2c(c1C(=O)NC1CCCC1)CCC2. The molecule has 0 spiro atoms. The van der Waals surface area contributed by atoms with E-state index in [0.29, 0.717) is 10.6 Å². The molecule has 2 amide bonds. The lowest BCUT2D eigenvalue weighted by molar-refractivity contribution is -0.138. The van der Waals surface area contributed by atoms with Gasteiger partial charge in [-0.15, -0.1) is 11.3 Å². The van der Waals surface area contributed by atoms with E-state index in [1.54, 1.807) is 6.92 Å². The third-order valence-corrected chi connectivity index (χ3v) is 6.36. The van der Waals surface area contributed by atoms with Crippen LogP contribution in [0.25, 0.3) is 0 Å². The van der Waals surface area contributed by atoms with Crippen molar-refractivity contribution in [3.8, 4) is 0 Å². The highest BCUT2D eigenvalue weighted by Gasteiger charge is 2.29. The average Bonchev–Trinajstić information content (AvgIpc) is 3.22. The zero-order valence-corrected chi connectivity index (χ0v) is 15.9. The van der Waals surface area contributed by atoms with Crippen molar-refractivity contribution in [2.24, 2.45) is 5.92 Å². The molecule has 7 heteroatoms. The van der Waals surface area contributed by atoms with Crippen LogP contribution >= 0.6 is 11.3 Å². The molecule has 0 aliphatic heterocycles. The van der Waals surface area contributed by atoms with Gasteiger partial charge in [0.1, 0.15) is 5.00 Å². The second kappa shape index (κ2) is 8.20. The Morgan fingerprint density at radius 2 is 1.88 bits per heavy atom. The molecular formula is C19H26N2O4S. The molecule has 3 N–H and O–H groups in total. The van der Waals surface area contributed by atoms with E-state index in [0.717, 1.165) is 50.5 Å². The average molecular weight is 378 g/mol. The zero-order valence-electron chi connectivity index (χ0n) is 15.1. The number of hydrogen-bond donors (Lipinski definition) is 3. The Hall–Kier alpha value is -1.89. The summed E-state index contributed by atoms with van der Waals surface area (Å²) in [5, 5.41) is 15.5. The maximum atomic E-state index is 12.9. The Morgan fingerprint density at radius 3 is 2.58 bits per heavy atom. The van der Waals surface area contributed by atoms with Gasteiger partial charge in [-0.1, -0.05) is 19.8 Å². The Bertz CT molecular complexity index is 707. The van der Waals surface area contributed by atoms with Gasteiger partial charge in [0.15, 0.2) is 0 Å². The molecule has 142 valence electrons. The number of fused-ring (bicyclic) bond motifs is 1. The van der Waals surface area contributed by atoms with Gasteiger partial charge in [-0.2, -0.15) is 0 Å². The van der Waals surface area contributed by atoms with E-state index in [1.165, 1.54) is 16.2 Å². The molecule has 6 nitrogen and oxygen atoms in total. The number of amides is 2. The number of thiophene rings is 1. The first-order valence-electron chi connectivity index (χ1n) is 9.41. The number of aryl methyl sites for hydroxylation is 1. The molecule has 1 saturated carbocycles. The zero-order chi connectivity index (χ0) is 18.7. The van der Waals surface area contributed by atoms with Crippen molar-refractivity contribution in [2.75, 3.05) is 5.32 Å². The Labute approximate surface area is 157 Å².